The third kappa shape index (κ3) is 3.19. The summed E-state index contributed by atoms with van der Waals surface area (Å²) >= 11 is 0. The third-order valence-electron chi connectivity index (χ3n) is 4.15. The van der Waals surface area contributed by atoms with Crippen LogP contribution >= 0.6 is 0 Å². The number of carbonyl (C=O) groups excluding carboxylic acids is 1. The smallest absolute Gasteiger partial charge is 0.306 e. The minimum Gasteiger partial charge on any atom is -0.494 e. The second-order valence-corrected chi connectivity index (χ2v) is 5.66. The number of rotatable bonds is 5. The van der Waals surface area contributed by atoms with Gasteiger partial charge in [-0.1, -0.05) is 0 Å². The van der Waals surface area contributed by atoms with Crippen molar-refractivity contribution in [3.63, 3.8) is 0 Å². The Kier molecular flexibility index (Phi) is 4.41. The molecule has 0 bridgehead atoms. The Morgan fingerprint density at radius 2 is 2.21 bits per heavy atom. The van der Waals surface area contributed by atoms with Gasteiger partial charge in [-0.2, -0.15) is 4.68 Å². The van der Waals surface area contributed by atoms with Crippen LogP contribution in [0.1, 0.15) is 29.6 Å². The Labute approximate surface area is 137 Å². The van der Waals surface area contributed by atoms with Gasteiger partial charge in [0.25, 0.3) is 5.91 Å². The number of hydrogen-bond donors (Lipinski definition) is 2. The topological polar surface area (TPSA) is 119 Å². The summed E-state index contributed by atoms with van der Waals surface area (Å²) in [6.45, 7) is 0. The molecule has 1 aliphatic rings. The van der Waals surface area contributed by atoms with E-state index in [9.17, 15) is 9.59 Å². The van der Waals surface area contributed by atoms with Crippen LogP contribution in [0.25, 0.3) is 5.69 Å². The number of tetrazole rings is 1. The minimum atomic E-state index is -0.808. The van der Waals surface area contributed by atoms with Crippen molar-refractivity contribution in [3.8, 4) is 11.4 Å². The van der Waals surface area contributed by atoms with Crippen LogP contribution in [0, 0.1) is 5.92 Å². The van der Waals surface area contributed by atoms with Crippen molar-refractivity contribution in [1.82, 2.24) is 25.5 Å². The number of hydrogen-bond acceptors (Lipinski definition) is 6. The summed E-state index contributed by atoms with van der Waals surface area (Å²) in [6.07, 6.45) is 3.11. The lowest BCUT2D eigenvalue weighted by atomic mass is 10.1. The minimum absolute atomic E-state index is 0.128. The molecule has 1 aliphatic carbocycles. The quantitative estimate of drug-likeness (QED) is 0.825. The van der Waals surface area contributed by atoms with Gasteiger partial charge in [0, 0.05) is 11.6 Å². The lowest BCUT2D eigenvalue weighted by molar-refractivity contribution is -0.141. The summed E-state index contributed by atoms with van der Waals surface area (Å²) in [7, 11) is 1.52. The first-order valence-electron chi connectivity index (χ1n) is 7.53. The Bertz CT molecular complexity index is 746. The van der Waals surface area contributed by atoms with E-state index >= 15 is 0 Å². The van der Waals surface area contributed by atoms with Crippen LogP contribution in [-0.2, 0) is 4.79 Å². The highest BCUT2D eigenvalue weighted by atomic mass is 16.5. The maximum absolute atomic E-state index is 12.4. The number of ether oxygens (including phenoxy) is 1. The summed E-state index contributed by atoms with van der Waals surface area (Å²) in [6, 6.07) is 4.82. The SMILES string of the molecule is COc1ccc(C(=O)N[C@@H]2CC[C@H](C(=O)O)C2)cc1-n1cnnn1. The van der Waals surface area contributed by atoms with Crippen molar-refractivity contribution in [2.75, 3.05) is 7.11 Å². The molecule has 0 spiro atoms. The maximum atomic E-state index is 12.4. The van der Waals surface area contributed by atoms with Gasteiger partial charge in [-0.3, -0.25) is 9.59 Å². The monoisotopic (exact) mass is 331 g/mol. The number of amides is 1. The number of nitrogens with zero attached hydrogens (tertiary/aromatic N) is 4. The number of aromatic nitrogens is 4. The number of benzene rings is 1. The van der Waals surface area contributed by atoms with Gasteiger partial charge >= 0.3 is 5.97 Å². The van der Waals surface area contributed by atoms with E-state index in [2.05, 4.69) is 20.8 Å². The molecule has 3 rings (SSSR count). The zero-order chi connectivity index (χ0) is 17.1. The average Bonchev–Trinajstić information content (AvgIpc) is 3.25. The fourth-order valence-corrected chi connectivity index (χ4v) is 2.89. The van der Waals surface area contributed by atoms with Crippen LogP contribution in [0.15, 0.2) is 24.5 Å². The summed E-state index contributed by atoms with van der Waals surface area (Å²) < 4.78 is 6.67. The molecule has 1 aromatic heterocycles. The normalized spacial score (nSPS) is 19.9. The zero-order valence-electron chi connectivity index (χ0n) is 13.0. The fraction of sp³-hybridized carbons (Fsp3) is 0.400. The van der Waals surface area contributed by atoms with E-state index in [1.54, 1.807) is 18.2 Å². The number of methoxy groups -OCH3 is 1. The van der Waals surface area contributed by atoms with Gasteiger partial charge in [0.2, 0.25) is 0 Å². The van der Waals surface area contributed by atoms with Gasteiger partial charge in [-0.15, -0.1) is 5.10 Å². The molecule has 126 valence electrons. The first kappa shape index (κ1) is 15.9. The molecular weight excluding hydrogens is 314 g/mol. The van der Waals surface area contributed by atoms with Crippen LogP contribution in [0.5, 0.6) is 5.75 Å². The largest absolute Gasteiger partial charge is 0.494 e. The molecule has 9 heteroatoms. The lowest BCUT2D eigenvalue weighted by Gasteiger charge is -2.14. The number of carboxylic acids is 1. The molecule has 24 heavy (non-hydrogen) atoms. The van der Waals surface area contributed by atoms with E-state index in [1.807, 2.05) is 0 Å². The van der Waals surface area contributed by atoms with E-state index in [1.165, 1.54) is 18.1 Å². The molecule has 9 nitrogen and oxygen atoms in total. The highest BCUT2D eigenvalue weighted by molar-refractivity contribution is 5.95. The molecule has 0 unspecified atom stereocenters. The number of nitrogens with one attached hydrogen (secondary N) is 1. The molecule has 1 aromatic carbocycles. The van der Waals surface area contributed by atoms with Crippen molar-refractivity contribution in [3.05, 3.63) is 30.1 Å². The van der Waals surface area contributed by atoms with Crippen LogP contribution < -0.4 is 10.1 Å². The van der Waals surface area contributed by atoms with Crippen molar-refractivity contribution < 1.29 is 19.4 Å². The van der Waals surface area contributed by atoms with Gasteiger partial charge < -0.3 is 15.2 Å². The van der Waals surface area contributed by atoms with Crippen LogP contribution in [0.3, 0.4) is 0 Å². The van der Waals surface area contributed by atoms with Gasteiger partial charge in [0.1, 0.15) is 17.8 Å². The number of carbonyl (C=O) groups is 2. The fourth-order valence-electron chi connectivity index (χ4n) is 2.89. The van der Waals surface area contributed by atoms with E-state index in [0.29, 0.717) is 36.3 Å². The van der Waals surface area contributed by atoms with E-state index < -0.39 is 5.97 Å². The molecule has 2 aromatic rings. The van der Waals surface area contributed by atoms with Crippen molar-refractivity contribution in [1.29, 1.82) is 0 Å². The third-order valence-corrected chi connectivity index (χ3v) is 4.15. The first-order valence-corrected chi connectivity index (χ1v) is 7.53. The summed E-state index contributed by atoms with van der Waals surface area (Å²) in [5.74, 6) is -0.922. The maximum Gasteiger partial charge on any atom is 0.306 e. The Morgan fingerprint density at radius 3 is 2.83 bits per heavy atom. The van der Waals surface area contributed by atoms with E-state index in [0.717, 1.165) is 0 Å². The molecule has 1 saturated carbocycles. The molecule has 2 N–H and O–H groups in total. The highest BCUT2D eigenvalue weighted by Crippen LogP contribution is 2.27. The second kappa shape index (κ2) is 6.65. The predicted molar refractivity (Wildman–Crippen MR) is 81.9 cm³/mol. The van der Waals surface area contributed by atoms with E-state index in [-0.39, 0.29) is 17.9 Å². The van der Waals surface area contributed by atoms with Crippen molar-refractivity contribution in [2.24, 2.45) is 5.92 Å². The average molecular weight is 331 g/mol. The summed E-state index contributed by atoms with van der Waals surface area (Å²) in [5.41, 5.74) is 0.977. The molecule has 0 aliphatic heterocycles. The van der Waals surface area contributed by atoms with Crippen molar-refractivity contribution in [2.45, 2.75) is 25.3 Å². The zero-order valence-corrected chi connectivity index (χ0v) is 13.0. The van der Waals surface area contributed by atoms with E-state index in [4.69, 9.17) is 9.84 Å². The molecule has 2 atom stereocenters. The first-order chi connectivity index (χ1) is 11.6. The van der Waals surface area contributed by atoms with Crippen molar-refractivity contribution >= 4 is 11.9 Å². The molecule has 1 heterocycles. The Balaban J connectivity index is 1.76. The molecule has 0 saturated heterocycles. The molecule has 1 amide bonds. The van der Waals surface area contributed by atoms with Gasteiger partial charge in [0.15, 0.2) is 0 Å². The molecule has 0 radical (unpaired) electrons. The van der Waals surface area contributed by atoms with Crippen LogP contribution in [0.4, 0.5) is 0 Å². The lowest BCUT2D eigenvalue weighted by Crippen LogP contribution is -2.33. The summed E-state index contributed by atoms with van der Waals surface area (Å²) in [5, 5.41) is 22.9. The van der Waals surface area contributed by atoms with Crippen LogP contribution in [0.2, 0.25) is 0 Å². The standard InChI is InChI=1S/C15H17N5O4/c1-24-13-5-3-9(7-12(13)20-8-16-18-19-20)14(21)17-11-4-2-10(6-11)15(22)23/h3,5,7-8,10-11H,2,4,6H2,1H3,(H,17,21)(H,22,23)/t10-,11+/m0/s1. The van der Waals surface area contributed by atoms with Gasteiger partial charge in [0.05, 0.1) is 13.0 Å². The molecule has 1 fully saturated rings. The second-order valence-electron chi connectivity index (χ2n) is 5.66. The van der Waals surface area contributed by atoms with Gasteiger partial charge in [-0.05, 0) is 47.9 Å². The molecular formula is C15H17N5O4. The van der Waals surface area contributed by atoms with Gasteiger partial charge in [-0.25, -0.2) is 0 Å². The Morgan fingerprint density at radius 1 is 1.38 bits per heavy atom. The number of aliphatic carboxylic acids is 1. The Hall–Kier alpha value is -2.97. The summed E-state index contributed by atoms with van der Waals surface area (Å²) in [4.78, 5) is 23.4. The highest BCUT2D eigenvalue weighted by Gasteiger charge is 2.30. The van der Waals surface area contributed by atoms with Crippen LogP contribution in [-0.4, -0.2) is 50.3 Å². The predicted octanol–water partition coefficient (Wildman–Crippen LogP) is 0.654. The number of carboxylic acid groups (broad SMARTS) is 1.